The molecule has 0 saturated heterocycles. The predicted molar refractivity (Wildman–Crippen MR) is 67.5 cm³/mol. The second-order valence-electron chi connectivity index (χ2n) is 3.94. The molecule has 1 aromatic carbocycles. The van der Waals surface area contributed by atoms with Crippen LogP contribution in [0.25, 0.3) is 0 Å². The van der Waals surface area contributed by atoms with E-state index in [4.69, 9.17) is 4.74 Å². The van der Waals surface area contributed by atoms with Gasteiger partial charge in [0.05, 0.1) is 13.0 Å². The molecule has 5 heteroatoms. The third-order valence-electron chi connectivity index (χ3n) is 2.84. The van der Waals surface area contributed by atoms with E-state index in [0.717, 1.165) is 11.3 Å². The highest BCUT2D eigenvalue weighted by Gasteiger charge is 2.23. The van der Waals surface area contributed by atoms with Gasteiger partial charge in [0.2, 0.25) is 6.54 Å². The van der Waals surface area contributed by atoms with Gasteiger partial charge < -0.3 is 9.72 Å². The van der Waals surface area contributed by atoms with Crippen LogP contribution in [0.5, 0.6) is 5.75 Å². The molecule has 1 atom stereocenters. The number of ether oxygens (including phenoxy) is 1. The number of nitro groups is 1. The molecule has 0 saturated carbocycles. The Morgan fingerprint density at radius 3 is 2.72 bits per heavy atom. The van der Waals surface area contributed by atoms with Crippen molar-refractivity contribution in [3.63, 3.8) is 0 Å². The molecular formula is C13H14N2O3. The van der Waals surface area contributed by atoms with E-state index in [-0.39, 0.29) is 17.4 Å². The van der Waals surface area contributed by atoms with Crippen molar-refractivity contribution >= 4 is 0 Å². The molecule has 94 valence electrons. The maximum Gasteiger partial charge on any atom is 0.216 e. The van der Waals surface area contributed by atoms with Crippen molar-refractivity contribution in [1.29, 1.82) is 0 Å². The molecule has 1 N–H and O–H groups in total. The average Bonchev–Trinajstić information content (AvgIpc) is 2.89. The number of aromatic nitrogens is 1. The number of para-hydroxylation sites is 1. The Labute approximate surface area is 105 Å². The first-order valence-corrected chi connectivity index (χ1v) is 5.60. The molecule has 0 aliphatic carbocycles. The summed E-state index contributed by atoms with van der Waals surface area (Å²) >= 11 is 0. The van der Waals surface area contributed by atoms with Gasteiger partial charge in [0.1, 0.15) is 5.75 Å². The second kappa shape index (κ2) is 5.35. The van der Waals surface area contributed by atoms with Crippen molar-refractivity contribution in [2.45, 2.75) is 5.92 Å². The van der Waals surface area contributed by atoms with E-state index in [0.29, 0.717) is 5.75 Å². The van der Waals surface area contributed by atoms with Crippen LogP contribution in [0.2, 0.25) is 0 Å². The number of aromatic amines is 1. The van der Waals surface area contributed by atoms with Crippen molar-refractivity contribution in [2.24, 2.45) is 0 Å². The van der Waals surface area contributed by atoms with Gasteiger partial charge in [0.25, 0.3) is 0 Å². The van der Waals surface area contributed by atoms with Crippen LogP contribution in [-0.2, 0) is 0 Å². The Morgan fingerprint density at radius 2 is 2.11 bits per heavy atom. The van der Waals surface area contributed by atoms with Crippen molar-refractivity contribution in [1.82, 2.24) is 4.98 Å². The lowest BCUT2D eigenvalue weighted by Gasteiger charge is -2.15. The summed E-state index contributed by atoms with van der Waals surface area (Å²) in [5.74, 6) is 0.338. The summed E-state index contributed by atoms with van der Waals surface area (Å²) in [5.41, 5.74) is 1.63. The van der Waals surface area contributed by atoms with E-state index in [1.165, 1.54) is 0 Å². The highest BCUT2D eigenvalue weighted by molar-refractivity contribution is 5.40. The van der Waals surface area contributed by atoms with Crippen molar-refractivity contribution < 1.29 is 9.66 Å². The summed E-state index contributed by atoms with van der Waals surface area (Å²) in [6.07, 6.45) is 1.76. The second-order valence-corrected chi connectivity index (χ2v) is 3.94. The molecule has 1 unspecified atom stereocenters. The predicted octanol–water partition coefficient (Wildman–Crippen LogP) is 2.43. The fourth-order valence-corrected chi connectivity index (χ4v) is 2.03. The zero-order chi connectivity index (χ0) is 13.0. The number of methoxy groups -OCH3 is 1. The van der Waals surface area contributed by atoms with Gasteiger partial charge in [-0.3, -0.25) is 10.1 Å². The van der Waals surface area contributed by atoms with Gasteiger partial charge in [-0.2, -0.15) is 0 Å². The Kier molecular flexibility index (Phi) is 3.62. The van der Waals surface area contributed by atoms with E-state index < -0.39 is 0 Å². The van der Waals surface area contributed by atoms with Crippen LogP contribution < -0.4 is 4.74 Å². The summed E-state index contributed by atoms with van der Waals surface area (Å²) in [5, 5.41) is 10.8. The smallest absolute Gasteiger partial charge is 0.216 e. The third-order valence-corrected chi connectivity index (χ3v) is 2.84. The quantitative estimate of drug-likeness (QED) is 0.650. The van der Waals surface area contributed by atoms with Gasteiger partial charge in [0.15, 0.2) is 0 Å². The number of rotatable bonds is 5. The fourth-order valence-electron chi connectivity index (χ4n) is 2.03. The monoisotopic (exact) mass is 246 g/mol. The lowest BCUT2D eigenvalue weighted by molar-refractivity contribution is -0.482. The number of benzene rings is 1. The average molecular weight is 246 g/mol. The van der Waals surface area contributed by atoms with Gasteiger partial charge in [-0.1, -0.05) is 18.2 Å². The van der Waals surface area contributed by atoms with Crippen molar-refractivity contribution in [3.05, 3.63) is 64.0 Å². The summed E-state index contributed by atoms with van der Waals surface area (Å²) < 4.78 is 5.27. The largest absolute Gasteiger partial charge is 0.496 e. The number of nitrogens with zero attached hydrogens (tertiary/aromatic N) is 1. The molecule has 0 aliphatic rings. The first-order valence-electron chi connectivity index (χ1n) is 5.60. The zero-order valence-corrected chi connectivity index (χ0v) is 10.00. The maximum absolute atomic E-state index is 10.8. The standard InChI is InChI=1S/C13H14N2O3/c1-18-13-7-3-2-5-10(13)11(9-15(16)17)12-6-4-8-14-12/h2-8,11,14H,9H2,1H3. The van der Waals surface area contributed by atoms with E-state index >= 15 is 0 Å². The Hall–Kier alpha value is -2.30. The molecule has 2 rings (SSSR count). The molecule has 0 radical (unpaired) electrons. The van der Waals surface area contributed by atoms with E-state index in [1.54, 1.807) is 13.3 Å². The molecular weight excluding hydrogens is 232 g/mol. The molecule has 5 nitrogen and oxygen atoms in total. The highest BCUT2D eigenvalue weighted by Crippen LogP contribution is 2.30. The highest BCUT2D eigenvalue weighted by atomic mass is 16.6. The normalized spacial score (nSPS) is 12.1. The van der Waals surface area contributed by atoms with Crippen molar-refractivity contribution in [2.75, 3.05) is 13.7 Å². The zero-order valence-electron chi connectivity index (χ0n) is 10.00. The van der Waals surface area contributed by atoms with Crippen LogP contribution in [0.15, 0.2) is 42.6 Å². The lowest BCUT2D eigenvalue weighted by atomic mass is 9.95. The summed E-state index contributed by atoms with van der Waals surface area (Å²) in [6, 6.07) is 11.0. The number of hydrogen-bond acceptors (Lipinski definition) is 3. The van der Waals surface area contributed by atoms with E-state index in [2.05, 4.69) is 4.98 Å². The number of nitrogens with one attached hydrogen (secondary N) is 1. The molecule has 0 amide bonds. The SMILES string of the molecule is COc1ccccc1C(C[N+](=O)[O-])c1ccc[nH]1. The minimum Gasteiger partial charge on any atom is -0.496 e. The summed E-state index contributed by atoms with van der Waals surface area (Å²) in [7, 11) is 1.57. The molecule has 0 bridgehead atoms. The van der Waals surface area contributed by atoms with E-state index in [9.17, 15) is 10.1 Å². The Balaban J connectivity index is 2.43. The lowest BCUT2D eigenvalue weighted by Crippen LogP contribution is -2.15. The van der Waals surface area contributed by atoms with Gasteiger partial charge in [-0.05, 0) is 18.2 Å². The molecule has 1 aromatic heterocycles. The summed E-state index contributed by atoms with van der Waals surface area (Å²) in [4.78, 5) is 13.6. The minimum atomic E-state index is -0.328. The summed E-state index contributed by atoms with van der Waals surface area (Å²) in [6.45, 7) is -0.166. The van der Waals surface area contributed by atoms with Gasteiger partial charge >= 0.3 is 0 Å². The molecule has 0 spiro atoms. The third kappa shape index (κ3) is 2.51. The van der Waals surface area contributed by atoms with Crippen LogP contribution >= 0.6 is 0 Å². The molecule has 2 aromatic rings. The fraction of sp³-hybridized carbons (Fsp3) is 0.231. The first-order chi connectivity index (χ1) is 8.72. The molecule has 18 heavy (non-hydrogen) atoms. The van der Waals surface area contributed by atoms with Crippen molar-refractivity contribution in [3.8, 4) is 5.75 Å². The first kappa shape index (κ1) is 12.2. The van der Waals surface area contributed by atoms with Crippen LogP contribution in [0, 0.1) is 10.1 Å². The van der Waals surface area contributed by atoms with Gasteiger partial charge in [0, 0.05) is 22.4 Å². The minimum absolute atomic E-state index is 0.166. The topological polar surface area (TPSA) is 68.2 Å². The molecule has 1 heterocycles. The Morgan fingerprint density at radius 1 is 1.33 bits per heavy atom. The van der Waals surface area contributed by atoms with Gasteiger partial charge in [-0.25, -0.2) is 0 Å². The van der Waals surface area contributed by atoms with Crippen LogP contribution in [0.3, 0.4) is 0 Å². The molecule has 0 aliphatic heterocycles. The van der Waals surface area contributed by atoms with Crippen LogP contribution in [0.4, 0.5) is 0 Å². The van der Waals surface area contributed by atoms with Gasteiger partial charge in [-0.15, -0.1) is 0 Å². The van der Waals surface area contributed by atoms with Crippen LogP contribution in [-0.4, -0.2) is 23.6 Å². The Bertz CT molecular complexity index is 523. The van der Waals surface area contributed by atoms with Crippen LogP contribution in [0.1, 0.15) is 17.2 Å². The number of H-pyrrole nitrogens is 1. The molecule has 0 fully saturated rings. The maximum atomic E-state index is 10.8. The number of hydrogen-bond donors (Lipinski definition) is 1. The van der Waals surface area contributed by atoms with E-state index in [1.807, 2.05) is 36.4 Å².